The number of H-pyrrole nitrogens is 1. The molecule has 66 valence electrons. The van der Waals surface area contributed by atoms with Crippen molar-refractivity contribution in [2.75, 3.05) is 0 Å². The molecular formula is C10H10N2O. The second-order valence-corrected chi connectivity index (χ2v) is 2.91. The van der Waals surface area contributed by atoms with Gasteiger partial charge in [0.05, 0.1) is 0 Å². The van der Waals surface area contributed by atoms with Crippen LogP contribution in [0.25, 0.3) is 0 Å². The van der Waals surface area contributed by atoms with E-state index in [9.17, 15) is 0 Å². The van der Waals surface area contributed by atoms with E-state index in [4.69, 9.17) is 5.11 Å². The molecule has 2 N–H and O–H groups in total. The van der Waals surface area contributed by atoms with E-state index in [2.05, 4.69) is 10.2 Å². The molecule has 0 saturated heterocycles. The first kappa shape index (κ1) is 7.86. The third-order valence-corrected chi connectivity index (χ3v) is 1.85. The summed E-state index contributed by atoms with van der Waals surface area (Å²) in [6, 6.07) is 11.7. The molecule has 13 heavy (non-hydrogen) atoms. The molecular weight excluding hydrogens is 164 g/mol. The number of rotatable bonds is 2. The van der Waals surface area contributed by atoms with E-state index in [0.29, 0.717) is 0 Å². The second kappa shape index (κ2) is 3.31. The Morgan fingerprint density at radius 3 is 2.62 bits per heavy atom. The van der Waals surface area contributed by atoms with E-state index in [-0.39, 0.29) is 5.88 Å². The summed E-state index contributed by atoms with van der Waals surface area (Å²) >= 11 is 0. The summed E-state index contributed by atoms with van der Waals surface area (Å²) < 4.78 is 0. The van der Waals surface area contributed by atoms with Gasteiger partial charge in [-0.3, -0.25) is 5.10 Å². The monoisotopic (exact) mass is 174 g/mol. The molecule has 0 atom stereocenters. The first-order chi connectivity index (χ1) is 6.34. The lowest BCUT2D eigenvalue weighted by Gasteiger charge is -1.95. The van der Waals surface area contributed by atoms with Crippen LogP contribution in [0.2, 0.25) is 0 Å². The number of hydrogen-bond acceptors (Lipinski definition) is 2. The zero-order valence-corrected chi connectivity index (χ0v) is 7.07. The van der Waals surface area contributed by atoms with Crippen molar-refractivity contribution in [3.63, 3.8) is 0 Å². The van der Waals surface area contributed by atoms with E-state index in [1.54, 1.807) is 6.07 Å². The SMILES string of the molecule is Oc1cc(Cc2ccccc2)[nH]n1. The fourth-order valence-electron chi connectivity index (χ4n) is 1.26. The number of nitrogens with zero attached hydrogens (tertiary/aromatic N) is 1. The summed E-state index contributed by atoms with van der Waals surface area (Å²) in [5, 5.41) is 15.4. The number of benzene rings is 1. The third kappa shape index (κ3) is 1.87. The highest BCUT2D eigenvalue weighted by molar-refractivity contribution is 5.23. The van der Waals surface area contributed by atoms with Crippen molar-refractivity contribution >= 4 is 0 Å². The smallest absolute Gasteiger partial charge is 0.230 e. The van der Waals surface area contributed by atoms with Gasteiger partial charge in [0.15, 0.2) is 0 Å². The highest BCUT2D eigenvalue weighted by atomic mass is 16.3. The quantitative estimate of drug-likeness (QED) is 0.728. The maximum absolute atomic E-state index is 8.99. The van der Waals surface area contributed by atoms with Crippen LogP contribution >= 0.6 is 0 Å². The van der Waals surface area contributed by atoms with E-state index in [1.807, 2.05) is 30.3 Å². The van der Waals surface area contributed by atoms with Gasteiger partial charge in [-0.2, -0.15) is 0 Å². The van der Waals surface area contributed by atoms with E-state index in [1.165, 1.54) is 5.56 Å². The van der Waals surface area contributed by atoms with Gasteiger partial charge in [0.2, 0.25) is 5.88 Å². The van der Waals surface area contributed by atoms with Gasteiger partial charge in [0, 0.05) is 18.2 Å². The molecule has 2 aromatic rings. The largest absolute Gasteiger partial charge is 0.492 e. The zero-order valence-electron chi connectivity index (χ0n) is 7.07. The Bertz CT molecular complexity index is 381. The number of aromatic hydroxyl groups is 1. The Hall–Kier alpha value is -1.77. The van der Waals surface area contributed by atoms with Crippen LogP contribution in [-0.4, -0.2) is 15.3 Å². The standard InChI is InChI=1S/C10H10N2O/c13-10-7-9(11-12-10)6-8-4-2-1-3-5-8/h1-5,7H,6H2,(H2,11,12,13). The van der Waals surface area contributed by atoms with Gasteiger partial charge in [0.25, 0.3) is 0 Å². The molecule has 0 radical (unpaired) electrons. The molecule has 0 unspecified atom stereocenters. The van der Waals surface area contributed by atoms with Gasteiger partial charge in [-0.1, -0.05) is 30.3 Å². The number of aromatic amines is 1. The van der Waals surface area contributed by atoms with Gasteiger partial charge in [-0.15, -0.1) is 5.10 Å². The van der Waals surface area contributed by atoms with Crippen molar-refractivity contribution < 1.29 is 5.11 Å². The van der Waals surface area contributed by atoms with Crippen molar-refractivity contribution in [1.82, 2.24) is 10.2 Å². The topological polar surface area (TPSA) is 48.9 Å². The molecule has 0 saturated carbocycles. The van der Waals surface area contributed by atoms with E-state index >= 15 is 0 Å². The first-order valence-electron chi connectivity index (χ1n) is 4.12. The molecule has 2 rings (SSSR count). The molecule has 1 heterocycles. The molecule has 3 heteroatoms. The lowest BCUT2D eigenvalue weighted by Crippen LogP contribution is -1.86. The van der Waals surface area contributed by atoms with Crippen LogP contribution in [0, 0.1) is 0 Å². The van der Waals surface area contributed by atoms with Crippen LogP contribution in [0.1, 0.15) is 11.3 Å². The maximum Gasteiger partial charge on any atom is 0.230 e. The minimum atomic E-state index is 0.0472. The Kier molecular flexibility index (Phi) is 2.00. The van der Waals surface area contributed by atoms with Crippen LogP contribution in [0.5, 0.6) is 5.88 Å². The van der Waals surface area contributed by atoms with Gasteiger partial charge >= 0.3 is 0 Å². The van der Waals surface area contributed by atoms with Gasteiger partial charge in [-0.05, 0) is 5.56 Å². The molecule has 0 fully saturated rings. The number of aromatic nitrogens is 2. The normalized spacial score (nSPS) is 10.2. The zero-order chi connectivity index (χ0) is 9.10. The number of hydrogen-bond donors (Lipinski definition) is 2. The Balaban J connectivity index is 2.15. The average molecular weight is 174 g/mol. The predicted molar refractivity (Wildman–Crippen MR) is 49.5 cm³/mol. The maximum atomic E-state index is 8.99. The number of nitrogens with one attached hydrogen (secondary N) is 1. The van der Waals surface area contributed by atoms with Crippen molar-refractivity contribution in [1.29, 1.82) is 0 Å². The van der Waals surface area contributed by atoms with Gasteiger partial charge in [-0.25, -0.2) is 0 Å². The molecule has 0 amide bonds. The Morgan fingerprint density at radius 2 is 2.00 bits per heavy atom. The molecule has 1 aromatic carbocycles. The van der Waals surface area contributed by atoms with Crippen LogP contribution in [-0.2, 0) is 6.42 Å². The van der Waals surface area contributed by atoms with Crippen molar-refractivity contribution in [2.45, 2.75) is 6.42 Å². The molecule has 0 bridgehead atoms. The van der Waals surface area contributed by atoms with Gasteiger partial charge < -0.3 is 5.11 Å². The molecule has 0 spiro atoms. The van der Waals surface area contributed by atoms with Crippen LogP contribution in [0.3, 0.4) is 0 Å². The van der Waals surface area contributed by atoms with E-state index in [0.717, 1.165) is 12.1 Å². The highest BCUT2D eigenvalue weighted by Gasteiger charge is 1.99. The van der Waals surface area contributed by atoms with Crippen LogP contribution in [0.4, 0.5) is 0 Å². The Morgan fingerprint density at radius 1 is 1.23 bits per heavy atom. The summed E-state index contributed by atoms with van der Waals surface area (Å²) in [5.74, 6) is 0.0472. The summed E-state index contributed by atoms with van der Waals surface area (Å²) in [6.07, 6.45) is 0.772. The van der Waals surface area contributed by atoms with Crippen LogP contribution in [0.15, 0.2) is 36.4 Å². The summed E-state index contributed by atoms with van der Waals surface area (Å²) in [6.45, 7) is 0. The highest BCUT2D eigenvalue weighted by Crippen LogP contribution is 2.10. The molecule has 0 aliphatic carbocycles. The lowest BCUT2D eigenvalue weighted by molar-refractivity contribution is 0.452. The van der Waals surface area contributed by atoms with E-state index < -0.39 is 0 Å². The van der Waals surface area contributed by atoms with Crippen molar-refractivity contribution in [2.24, 2.45) is 0 Å². The van der Waals surface area contributed by atoms with Crippen LogP contribution < -0.4 is 0 Å². The minimum Gasteiger partial charge on any atom is -0.492 e. The molecule has 0 aliphatic heterocycles. The summed E-state index contributed by atoms with van der Waals surface area (Å²) in [7, 11) is 0. The second-order valence-electron chi connectivity index (χ2n) is 2.91. The summed E-state index contributed by atoms with van der Waals surface area (Å²) in [4.78, 5) is 0. The molecule has 1 aromatic heterocycles. The fourth-order valence-corrected chi connectivity index (χ4v) is 1.26. The first-order valence-corrected chi connectivity index (χ1v) is 4.12. The Labute approximate surface area is 76.0 Å². The minimum absolute atomic E-state index is 0.0472. The third-order valence-electron chi connectivity index (χ3n) is 1.85. The fraction of sp³-hybridized carbons (Fsp3) is 0.100. The molecule has 3 nitrogen and oxygen atoms in total. The van der Waals surface area contributed by atoms with Crippen molar-refractivity contribution in [3.8, 4) is 5.88 Å². The van der Waals surface area contributed by atoms with Gasteiger partial charge in [0.1, 0.15) is 0 Å². The predicted octanol–water partition coefficient (Wildman–Crippen LogP) is 1.71. The lowest BCUT2D eigenvalue weighted by atomic mass is 10.1. The average Bonchev–Trinajstić information content (AvgIpc) is 2.53. The molecule has 0 aliphatic rings. The summed E-state index contributed by atoms with van der Waals surface area (Å²) in [5.41, 5.74) is 2.12. The van der Waals surface area contributed by atoms with Crippen molar-refractivity contribution in [3.05, 3.63) is 47.7 Å².